The van der Waals surface area contributed by atoms with Crippen molar-refractivity contribution in [2.75, 3.05) is 0 Å². The molecule has 1 aliphatic rings. The molecule has 1 fully saturated rings. The molecular weight excluding hydrogens is 626 g/mol. The Morgan fingerprint density at radius 2 is 1.38 bits per heavy atom. The van der Waals surface area contributed by atoms with E-state index in [0.29, 0.717) is 17.0 Å². The number of alkyl halides is 6. The molecule has 2 aromatic heterocycles. The Bertz CT molecular complexity index is 2150. The van der Waals surface area contributed by atoms with Crippen LogP contribution in [0, 0.1) is 5.41 Å². The van der Waals surface area contributed by atoms with Gasteiger partial charge in [0.2, 0.25) is 0 Å². The van der Waals surface area contributed by atoms with Crippen LogP contribution in [0.1, 0.15) is 89.2 Å². The average molecular weight is 664 g/mol. The van der Waals surface area contributed by atoms with Crippen molar-refractivity contribution >= 4 is 33.0 Å². The van der Waals surface area contributed by atoms with E-state index in [1.54, 1.807) is 0 Å². The van der Waals surface area contributed by atoms with Gasteiger partial charge in [-0.2, -0.15) is 26.3 Å². The Hall–Kier alpha value is -4.27. The van der Waals surface area contributed by atoms with Gasteiger partial charge in [-0.15, -0.1) is 0 Å². The quantitative estimate of drug-likeness (QED) is 0.172. The summed E-state index contributed by atoms with van der Waals surface area (Å²) < 4.78 is 102. The number of rotatable bonds is 5. The first-order chi connectivity index (χ1) is 23.1. The lowest BCUT2D eigenvalue weighted by Crippen LogP contribution is -2.51. The molecule has 0 unspecified atom stereocenters. The first kappa shape index (κ1) is 31.0. The zero-order valence-corrected chi connectivity index (χ0v) is 27.1. The van der Waals surface area contributed by atoms with Gasteiger partial charge in [0.15, 0.2) is 5.41 Å². The van der Waals surface area contributed by atoms with Crippen LogP contribution in [0.4, 0.5) is 26.3 Å². The number of para-hydroxylation sites is 4. The van der Waals surface area contributed by atoms with Crippen molar-refractivity contribution in [2.45, 2.75) is 83.5 Å². The van der Waals surface area contributed by atoms with Crippen LogP contribution in [0.5, 0.6) is 0 Å². The van der Waals surface area contributed by atoms with E-state index in [1.807, 2.05) is 107 Å². The first-order valence-corrected chi connectivity index (χ1v) is 16.3. The van der Waals surface area contributed by atoms with E-state index in [4.69, 9.17) is 9.40 Å². The van der Waals surface area contributed by atoms with Crippen molar-refractivity contribution in [3.63, 3.8) is 0 Å². The topological polar surface area (TPSA) is 31.0 Å². The van der Waals surface area contributed by atoms with Crippen LogP contribution in [0.2, 0.25) is 0 Å². The lowest BCUT2D eigenvalue weighted by Gasteiger charge is -2.42. The molecule has 6 aromatic rings. The summed E-state index contributed by atoms with van der Waals surface area (Å²) in [5.41, 5.74) is 2.91. The molecule has 1 aliphatic carbocycles. The Morgan fingerprint density at radius 1 is 0.792 bits per heavy atom. The van der Waals surface area contributed by atoms with E-state index in [1.165, 1.54) is 0 Å². The monoisotopic (exact) mass is 663 g/mol. The minimum absolute atomic E-state index is 0.111. The van der Waals surface area contributed by atoms with Crippen LogP contribution in [0.3, 0.4) is 0 Å². The maximum atomic E-state index is 14.0. The van der Waals surface area contributed by atoms with Crippen LogP contribution in [-0.2, 0) is 0 Å². The SMILES string of the molecule is [2H]C1(c2cc(C(C)C)c(-n3c(-c4cccc5c4oc4ccccc45)nc4ccccc43)c(C(C)C)c2)CCC(C(F)(F)F)(C(F)(F)F)CC1. The zero-order chi connectivity index (χ0) is 35.1. The Labute approximate surface area is 276 Å². The summed E-state index contributed by atoms with van der Waals surface area (Å²) in [7, 11) is 0. The second kappa shape index (κ2) is 11.4. The number of hydrogen-bond donors (Lipinski definition) is 0. The number of halogens is 6. The maximum absolute atomic E-state index is 14.0. The molecule has 0 spiro atoms. The molecule has 0 N–H and O–H groups in total. The third kappa shape index (κ3) is 4.99. The smallest absolute Gasteiger partial charge is 0.403 e. The molecule has 250 valence electrons. The predicted octanol–water partition coefficient (Wildman–Crippen LogP) is 12.6. The van der Waals surface area contributed by atoms with Gasteiger partial charge in [-0.3, -0.25) is 4.57 Å². The summed E-state index contributed by atoms with van der Waals surface area (Å²) in [5, 5.41) is 1.92. The highest BCUT2D eigenvalue weighted by molar-refractivity contribution is 6.09. The summed E-state index contributed by atoms with van der Waals surface area (Å²) in [4.78, 5) is 5.12. The molecule has 0 bridgehead atoms. The number of benzene rings is 4. The zero-order valence-electron chi connectivity index (χ0n) is 28.1. The van der Waals surface area contributed by atoms with Crippen LogP contribution in [-0.4, -0.2) is 21.9 Å². The summed E-state index contributed by atoms with van der Waals surface area (Å²) in [6.07, 6.45) is -14.4. The fraction of sp³-hybridized carbons (Fsp3) is 0.359. The number of furan rings is 1. The first-order valence-electron chi connectivity index (χ1n) is 16.8. The lowest BCUT2D eigenvalue weighted by molar-refractivity contribution is -0.350. The Kier molecular flexibility index (Phi) is 7.38. The van der Waals surface area contributed by atoms with Gasteiger partial charge >= 0.3 is 12.4 Å². The van der Waals surface area contributed by atoms with Crippen LogP contribution in [0.25, 0.3) is 50.0 Å². The second-order valence-corrected chi connectivity index (χ2v) is 13.5. The normalized spacial score (nSPS) is 17.2. The van der Waals surface area contributed by atoms with Gasteiger partial charge < -0.3 is 4.42 Å². The molecule has 4 aromatic carbocycles. The lowest BCUT2D eigenvalue weighted by atomic mass is 9.67. The van der Waals surface area contributed by atoms with E-state index in [0.717, 1.165) is 49.8 Å². The number of nitrogens with zero attached hydrogens (tertiary/aromatic N) is 2. The van der Waals surface area contributed by atoms with Crippen molar-refractivity contribution in [1.82, 2.24) is 9.55 Å². The summed E-state index contributed by atoms with van der Waals surface area (Å²) in [6.45, 7) is 8.01. The van der Waals surface area contributed by atoms with Gasteiger partial charge in [0.05, 0.1) is 22.3 Å². The molecule has 2 heterocycles. The Morgan fingerprint density at radius 3 is 2.00 bits per heavy atom. The number of aromatic nitrogens is 2. The minimum Gasteiger partial charge on any atom is -0.455 e. The predicted molar refractivity (Wildman–Crippen MR) is 178 cm³/mol. The van der Waals surface area contributed by atoms with Gasteiger partial charge in [-0.1, -0.05) is 82.3 Å². The number of fused-ring (bicyclic) bond motifs is 4. The molecule has 3 nitrogen and oxygen atoms in total. The molecular formula is C39H36F6N2O. The third-order valence-electron chi connectivity index (χ3n) is 10.0. The van der Waals surface area contributed by atoms with E-state index < -0.39 is 49.3 Å². The van der Waals surface area contributed by atoms with Crippen molar-refractivity contribution in [1.29, 1.82) is 0 Å². The molecule has 48 heavy (non-hydrogen) atoms. The third-order valence-corrected chi connectivity index (χ3v) is 10.0. The van der Waals surface area contributed by atoms with E-state index in [2.05, 4.69) is 4.57 Å². The average Bonchev–Trinajstić information content (AvgIpc) is 3.62. The van der Waals surface area contributed by atoms with Gasteiger partial charge in [0, 0.05) is 12.1 Å². The molecule has 7 rings (SSSR count). The molecule has 1 saturated carbocycles. The molecule has 0 atom stereocenters. The van der Waals surface area contributed by atoms with Crippen LogP contribution >= 0.6 is 0 Å². The van der Waals surface area contributed by atoms with E-state index >= 15 is 0 Å². The van der Waals surface area contributed by atoms with Gasteiger partial charge in [-0.25, -0.2) is 4.98 Å². The standard InChI is InChI=1S/C39H36F6N2O/c1-22(2)29-20-25(24-16-18-37(19-17-24,38(40,41)42)39(43,44)45)21-30(23(3)4)34(29)47-32-14-7-6-13-31(32)46-36(47)28-12-9-11-27-26-10-5-8-15-33(26)48-35(27)28/h5-15,20-24H,16-19H2,1-4H3/i24D. The van der Waals surface area contributed by atoms with Crippen molar-refractivity contribution in [2.24, 2.45) is 5.41 Å². The Balaban J connectivity index is 1.45. The molecule has 0 radical (unpaired) electrons. The summed E-state index contributed by atoms with van der Waals surface area (Å²) in [5.74, 6) is -1.20. The summed E-state index contributed by atoms with van der Waals surface area (Å²) in [6, 6.07) is 25.2. The van der Waals surface area contributed by atoms with Gasteiger partial charge in [-0.05, 0) is 84.4 Å². The van der Waals surface area contributed by atoms with Crippen LogP contribution < -0.4 is 0 Å². The maximum Gasteiger partial charge on any atom is 0.403 e. The fourth-order valence-electron chi connectivity index (χ4n) is 7.37. The molecule has 0 aliphatic heterocycles. The van der Waals surface area contributed by atoms with Gasteiger partial charge in [0.25, 0.3) is 0 Å². The summed E-state index contributed by atoms with van der Waals surface area (Å²) >= 11 is 0. The minimum atomic E-state index is -5.45. The van der Waals surface area contributed by atoms with E-state index in [-0.39, 0.29) is 11.8 Å². The highest BCUT2D eigenvalue weighted by Gasteiger charge is 2.70. The second-order valence-electron chi connectivity index (χ2n) is 13.5. The fourth-order valence-corrected chi connectivity index (χ4v) is 7.37. The van der Waals surface area contributed by atoms with Crippen LogP contribution in [0.15, 0.2) is 83.3 Å². The molecule has 0 saturated heterocycles. The highest BCUT2D eigenvalue weighted by Crippen LogP contribution is 2.60. The number of hydrogen-bond acceptors (Lipinski definition) is 2. The van der Waals surface area contributed by atoms with Gasteiger partial charge in [0.1, 0.15) is 17.0 Å². The van der Waals surface area contributed by atoms with Crippen molar-refractivity contribution < 1.29 is 32.1 Å². The number of imidazole rings is 1. The van der Waals surface area contributed by atoms with Crippen molar-refractivity contribution in [3.05, 3.63) is 95.6 Å². The molecule has 0 amide bonds. The highest BCUT2D eigenvalue weighted by atomic mass is 19.4. The van der Waals surface area contributed by atoms with Crippen molar-refractivity contribution in [3.8, 4) is 17.1 Å². The largest absolute Gasteiger partial charge is 0.455 e. The van der Waals surface area contributed by atoms with E-state index in [9.17, 15) is 27.7 Å². The molecule has 9 heteroatoms.